The van der Waals surface area contributed by atoms with Crippen LogP contribution in [0, 0.1) is 0 Å². The third-order valence-electron chi connectivity index (χ3n) is 2.67. The third kappa shape index (κ3) is 1.68. The van der Waals surface area contributed by atoms with Gasteiger partial charge in [0.1, 0.15) is 0 Å². The number of nitrogens with two attached hydrogens (primary N) is 1. The molecule has 2 rings (SSSR count). The molecule has 0 saturated heterocycles. The standard InChI is InChI=1S/C13H16N2/c1-15(2)12-8-4-6-10-5-3-7-11(9-14)13(10)12/h3-8H,9,14H2,1-2H3. The molecule has 0 aliphatic carbocycles. The van der Waals surface area contributed by atoms with Crippen LogP contribution < -0.4 is 10.6 Å². The molecule has 0 amide bonds. The second-order valence-electron chi connectivity index (χ2n) is 3.89. The van der Waals surface area contributed by atoms with Gasteiger partial charge in [-0.2, -0.15) is 0 Å². The summed E-state index contributed by atoms with van der Waals surface area (Å²) < 4.78 is 0. The highest BCUT2D eigenvalue weighted by atomic mass is 15.1. The first kappa shape index (κ1) is 9.99. The number of rotatable bonds is 2. The maximum atomic E-state index is 5.77. The van der Waals surface area contributed by atoms with E-state index in [-0.39, 0.29) is 0 Å². The molecule has 0 spiro atoms. The fourth-order valence-corrected chi connectivity index (χ4v) is 1.94. The summed E-state index contributed by atoms with van der Waals surface area (Å²) in [4.78, 5) is 2.13. The van der Waals surface area contributed by atoms with E-state index in [9.17, 15) is 0 Å². The molecule has 78 valence electrons. The Morgan fingerprint density at radius 2 is 1.73 bits per heavy atom. The Labute approximate surface area is 90.3 Å². The molecule has 2 aromatic carbocycles. The Kier molecular flexibility index (Phi) is 2.60. The summed E-state index contributed by atoms with van der Waals surface area (Å²) >= 11 is 0. The summed E-state index contributed by atoms with van der Waals surface area (Å²) in [5.41, 5.74) is 8.20. The number of fused-ring (bicyclic) bond motifs is 1. The molecule has 2 nitrogen and oxygen atoms in total. The molecular formula is C13H16N2. The fraction of sp³-hybridized carbons (Fsp3) is 0.231. The molecule has 15 heavy (non-hydrogen) atoms. The van der Waals surface area contributed by atoms with E-state index in [1.54, 1.807) is 0 Å². The Hall–Kier alpha value is -1.54. The largest absolute Gasteiger partial charge is 0.377 e. The molecule has 0 aliphatic heterocycles. The van der Waals surface area contributed by atoms with Crippen molar-refractivity contribution in [3.8, 4) is 0 Å². The first-order valence-corrected chi connectivity index (χ1v) is 5.12. The van der Waals surface area contributed by atoms with Gasteiger partial charge in [-0.3, -0.25) is 0 Å². The number of nitrogens with zero attached hydrogens (tertiary/aromatic N) is 1. The lowest BCUT2D eigenvalue weighted by atomic mass is 10.0. The second kappa shape index (κ2) is 3.91. The molecule has 2 heteroatoms. The summed E-state index contributed by atoms with van der Waals surface area (Å²) in [6.45, 7) is 0.586. The van der Waals surface area contributed by atoms with E-state index < -0.39 is 0 Å². The van der Waals surface area contributed by atoms with Crippen LogP contribution in [0.25, 0.3) is 10.8 Å². The van der Waals surface area contributed by atoms with Crippen molar-refractivity contribution in [1.29, 1.82) is 0 Å². The molecular weight excluding hydrogens is 184 g/mol. The molecule has 0 atom stereocenters. The number of hydrogen-bond acceptors (Lipinski definition) is 2. The first-order chi connectivity index (χ1) is 7.24. The van der Waals surface area contributed by atoms with Gasteiger partial charge in [-0.1, -0.05) is 30.3 Å². The predicted molar refractivity (Wildman–Crippen MR) is 66.2 cm³/mol. The van der Waals surface area contributed by atoms with Crippen LogP contribution in [0.1, 0.15) is 5.56 Å². The third-order valence-corrected chi connectivity index (χ3v) is 2.67. The van der Waals surface area contributed by atoms with Crippen molar-refractivity contribution in [1.82, 2.24) is 0 Å². The van der Waals surface area contributed by atoms with Crippen LogP contribution in [-0.2, 0) is 6.54 Å². The van der Waals surface area contributed by atoms with E-state index in [0.29, 0.717) is 6.54 Å². The first-order valence-electron chi connectivity index (χ1n) is 5.12. The van der Waals surface area contributed by atoms with Crippen molar-refractivity contribution in [2.24, 2.45) is 5.73 Å². The van der Waals surface area contributed by atoms with Crippen LogP contribution >= 0.6 is 0 Å². The Balaban J connectivity index is 2.81. The van der Waals surface area contributed by atoms with Gasteiger partial charge in [0.2, 0.25) is 0 Å². The van der Waals surface area contributed by atoms with E-state index in [4.69, 9.17) is 5.73 Å². The zero-order valence-electron chi connectivity index (χ0n) is 9.20. The SMILES string of the molecule is CN(C)c1cccc2cccc(CN)c12. The summed E-state index contributed by atoms with van der Waals surface area (Å²) in [7, 11) is 4.12. The minimum absolute atomic E-state index is 0.586. The van der Waals surface area contributed by atoms with Crippen molar-refractivity contribution in [2.45, 2.75) is 6.54 Å². The molecule has 2 N–H and O–H groups in total. The van der Waals surface area contributed by atoms with Crippen LogP contribution in [0.2, 0.25) is 0 Å². The second-order valence-corrected chi connectivity index (χ2v) is 3.89. The highest BCUT2D eigenvalue weighted by Gasteiger charge is 2.05. The number of anilines is 1. The van der Waals surface area contributed by atoms with Gasteiger partial charge in [0, 0.05) is 31.7 Å². The van der Waals surface area contributed by atoms with E-state index in [1.165, 1.54) is 22.0 Å². The Bertz CT molecular complexity index is 470. The van der Waals surface area contributed by atoms with E-state index >= 15 is 0 Å². The molecule has 0 radical (unpaired) electrons. The smallest absolute Gasteiger partial charge is 0.0444 e. The minimum Gasteiger partial charge on any atom is -0.377 e. The summed E-state index contributed by atoms with van der Waals surface area (Å²) in [6.07, 6.45) is 0. The lowest BCUT2D eigenvalue weighted by Crippen LogP contribution is -2.10. The van der Waals surface area contributed by atoms with Crippen molar-refractivity contribution < 1.29 is 0 Å². The van der Waals surface area contributed by atoms with Gasteiger partial charge in [-0.15, -0.1) is 0 Å². The van der Waals surface area contributed by atoms with Gasteiger partial charge in [0.25, 0.3) is 0 Å². The van der Waals surface area contributed by atoms with Crippen LogP contribution in [0.4, 0.5) is 5.69 Å². The average Bonchev–Trinajstić information content (AvgIpc) is 2.27. The normalized spacial score (nSPS) is 10.6. The van der Waals surface area contributed by atoms with E-state index in [0.717, 1.165) is 0 Å². The summed E-state index contributed by atoms with van der Waals surface area (Å²) in [5, 5.41) is 2.52. The van der Waals surface area contributed by atoms with Crippen molar-refractivity contribution >= 4 is 16.5 Å². The highest BCUT2D eigenvalue weighted by Crippen LogP contribution is 2.28. The number of benzene rings is 2. The van der Waals surface area contributed by atoms with Crippen LogP contribution in [0.15, 0.2) is 36.4 Å². The maximum absolute atomic E-state index is 5.77. The number of hydrogen-bond donors (Lipinski definition) is 1. The lowest BCUT2D eigenvalue weighted by Gasteiger charge is -2.17. The van der Waals surface area contributed by atoms with Gasteiger partial charge in [-0.05, 0) is 17.0 Å². The molecule has 0 aliphatic rings. The van der Waals surface area contributed by atoms with Crippen LogP contribution in [0.3, 0.4) is 0 Å². The Morgan fingerprint density at radius 1 is 1.07 bits per heavy atom. The Morgan fingerprint density at radius 3 is 2.33 bits per heavy atom. The van der Waals surface area contributed by atoms with E-state index in [2.05, 4.69) is 55.4 Å². The topological polar surface area (TPSA) is 29.3 Å². The minimum atomic E-state index is 0.586. The van der Waals surface area contributed by atoms with Gasteiger partial charge in [0.05, 0.1) is 0 Å². The molecule has 0 saturated carbocycles. The van der Waals surface area contributed by atoms with Crippen LogP contribution in [-0.4, -0.2) is 14.1 Å². The van der Waals surface area contributed by atoms with Gasteiger partial charge in [-0.25, -0.2) is 0 Å². The average molecular weight is 200 g/mol. The lowest BCUT2D eigenvalue weighted by molar-refractivity contribution is 1.08. The predicted octanol–water partition coefficient (Wildman–Crippen LogP) is 2.36. The summed E-state index contributed by atoms with van der Waals surface area (Å²) in [5.74, 6) is 0. The molecule has 0 unspecified atom stereocenters. The fourth-order valence-electron chi connectivity index (χ4n) is 1.94. The van der Waals surface area contributed by atoms with Crippen molar-refractivity contribution in [3.63, 3.8) is 0 Å². The van der Waals surface area contributed by atoms with Crippen molar-refractivity contribution in [3.05, 3.63) is 42.0 Å². The van der Waals surface area contributed by atoms with E-state index in [1.807, 2.05) is 0 Å². The molecule has 2 aromatic rings. The molecule has 0 fully saturated rings. The molecule has 0 heterocycles. The quantitative estimate of drug-likeness (QED) is 0.806. The van der Waals surface area contributed by atoms with Crippen LogP contribution in [0.5, 0.6) is 0 Å². The maximum Gasteiger partial charge on any atom is 0.0444 e. The zero-order valence-corrected chi connectivity index (χ0v) is 9.20. The summed E-state index contributed by atoms with van der Waals surface area (Å²) in [6, 6.07) is 12.6. The molecule has 0 bridgehead atoms. The zero-order chi connectivity index (χ0) is 10.8. The highest BCUT2D eigenvalue weighted by molar-refractivity contribution is 5.96. The van der Waals surface area contributed by atoms with Gasteiger partial charge >= 0.3 is 0 Å². The van der Waals surface area contributed by atoms with Crippen molar-refractivity contribution in [2.75, 3.05) is 19.0 Å². The van der Waals surface area contributed by atoms with Gasteiger partial charge in [0.15, 0.2) is 0 Å². The van der Waals surface area contributed by atoms with Gasteiger partial charge < -0.3 is 10.6 Å². The monoisotopic (exact) mass is 200 g/mol. The molecule has 0 aromatic heterocycles.